The number of thiophene rings is 1. The Kier molecular flexibility index (Phi) is 6.21. The number of hydrogen-bond acceptors (Lipinski definition) is 3. The second-order valence-corrected chi connectivity index (χ2v) is 7.36. The molecule has 0 spiro atoms. The summed E-state index contributed by atoms with van der Waals surface area (Å²) in [6.07, 6.45) is 0.402. The van der Waals surface area contributed by atoms with Crippen molar-refractivity contribution in [1.82, 2.24) is 10.2 Å². The summed E-state index contributed by atoms with van der Waals surface area (Å²) in [6, 6.07) is 20.8. The Bertz CT molecular complexity index is 811. The van der Waals surface area contributed by atoms with Gasteiger partial charge in [-0.25, -0.2) is 0 Å². The lowest BCUT2D eigenvalue weighted by molar-refractivity contribution is -0.120. The van der Waals surface area contributed by atoms with Gasteiger partial charge < -0.3 is 10.2 Å². The number of benzene rings is 2. The molecule has 1 aromatic heterocycles. The van der Waals surface area contributed by atoms with Crippen molar-refractivity contribution in [2.75, 3.05) is 20.6 Å². The smallest absolute Gasteiger partial charge is 0.224 e. The number of hydrogen-bond donors (Lipinski definition) is 1. The van der Waals surface area contributed by atoms with Crippen molar-refractivity contribution < 1.29 is 4.79 Å². The quantitative estimate of drug-likeness (QED) is 0.675. The van der Waals surface area contributed by atoms with Crippen LogP contribution < -0.4 is 5.32 Å². The summed E-state index contributed by atoms with van der Waals surface area (Å²) < 4.78 is 0. The van der Waals surface area contributed by atoms with Gasteiger partial charge in [0.2, 0.25) is 5.91 Å². The maximum atomic E-state index is 12.3. The SMILES string of the molecule is CN(C)C(CNC(=O)Cc1ccc(-c2ccccc2)cc1)c1ccsc1. The Morgan fingerprint density at radius 3 is 2.31 bits per heavy atom. The van der Waals surface area contributed by atoms with Crippen LogP contribution in [0.15, 0.2) is 71.4 Å². The topological polar surface area (TPSA) is 32.3 Å². The van der Waals surface area contributed by atoms with Crippen LogP contribution in [-0.4, -0.2) is 31.4 Å². The minimum absolute atomic E-state index is 0.0551. The van der Waals surface area contributed by atoms with Crippen molar-refractivity contribution in [3.63, 3.8) is 0 Å². The van der Waals surface area contributed by atoms with Gasteiger partial charge in [0.1, 0.15) is 0 Å². The standard InChI is InChI=1S/C22H24N2OS/c1-24(2)21(20-12-13-26-16-20)15-23-22(25)14-17-8-10-19(11-9-17)18-6-4-3-5-7-18/h3-13,16,21H,14-15H2,1-2H3,(H,23,25). The summed E-state index contributed by atoms with van der Waals surface area (Å²) in [5.41, 5.74) is 4.62. The fraction of sp³-hybridized carbons (Fsp3) is 0.227. The predicted octanol–water partition coefficient (Wildman–Crippen LogP) is 4.38. The lowest BCUT2D eigenvalue weighted by atomic mass is 10.0. The molecule has 0 bridgehead atoms. The van der Waals surface area contributed by atoms with Gasteiger partial charge in [-0.2, -0.15) is 11.3 Å². The van der Waals surface area contributed by atoms with Gasteiger partial charge >= 0.3 is 0 Å². The fourth-order valence-electron chi connectivity index (χ4n) is 2.97. The highest BCUT2D eigenvalue weighted by Gasteiger charge is 2.15. The molecule has 0 saturated heterocycles. The van der Waals surface area contributed by atoms with Gasteiger partial charge in [0.15, 0.2) is 0 Å². The number of rotatable bonds is 7. The van der Waals surface area contributed by atoms with E-state index in [1.807, 2.05) is 44.4 Å². The van der Waals surface area contributed by atoms with Crippen molar-refractivity contribution in [3.8, 4) is 11.1 Å². The largest absolute Gasteiger partial charge is 0.354 e. The molecule has 134 valence electrons. The van der Waals surface area contributed by atoms with Crippen molar-refractivity contribution in [1.29, 1.82) is 0 Å². The number of amides is 1. The van der Waals surface area contributed by atoms with E-state index in [0.29, 0.717) is 13.0 Å². The molecule has 1 unspecified atom stereocenters. The number of carbonyl (C=O) groups is 1. The van der Waals surface area contributed by atoms with Crippen LogP contribution in [0.2, 0.25) is 0 Å². The Hall–Kier alpha value is -2.43. The summed E-state index contributed by atoms with van der Waals surface area (Å²) in [6.45, 7) is 0.616. The van der Waals surface area contributed by atoms with Gasteiger partial charge in [-0.15, -0.1) is 0 Å². The van der Waals surface area contributed by atoms with Crippen LogP contribution in [0.4, 0.5) is 0 Å². The Morgan fingerprint density at radius 1 is 1.00 bits per heavy atom. The summed E-state index contributed by atoms with van der Waals surface area (Å²) in [4.78, 5) is 14.5. The van der Waals surface area contributed by atoms with Gasteiger partial charge in [-0.3, -0.25) is 4.79 Å². The van der Waals surface area contributed by atoms with Crippen molar-refractivity contribution in [2.24, 2.45) is 0 Å². The van der Waals surface area contributed by atoms with Crippen molar-refractivity contribution in [2.45, 2.75) is 12.5 Å². The number of likely N-dealkylation sites (N-methyl/N-ethyl adjacent to an activating group) is 1. The van der Waals surface area contributed by atoms with Crippen LogP contribution in [0.25, 0.3) is 11.1 Å². The Balaban J connectivity index is 1.56. The third kappa shape index (κ3) is 4.81. The second-order valence-electron chi connectivity index (χ2n) is 6.58. The molecule has 2 aromatic carbocycles. The molecule has 1 N–H and O–H groups in total. The van der Waals surface area contributed by atoms with Crippen LogP contribution in [-0.2, 0) is 11.2 Å². The summed E-state index contributed by atoms with van der Waals surface area (Å²) in [7, 11) is 4.08. The molecule has 1 heterocycles. The molecule has 0 saturated carbocycles. The van der Waals surface area contributed by atoms with E-state index in [9.17, 15) is 4.79 Å². The normalized spacial score (nSPS) is 12.1. The summed E-state index contributed by atoms with van der Waals surface area (Å²) in [5, 5.41) is 7.28. The predicted molar refractivity (Wildman–Crippen MR) is 109 cm³/mol. The number of carbonyl (C=O) groups excluding carboxylic acids is 1. The summed E-state index contributed by atoms with van der Waals surface area (Å²) >= 11 is 1.68. The van der Waals surface area contributed by atoms with Gasteiger partial charge in [0, 0.05) is 6.54 Å². The molecule has 3 rings (SSSR count). The maximum Gasteiger partial charge on any atom is 0.224 e. The van der Waals surface area contributed by atoms with Gasteiger partial charge in [-0.05, 0) is 53.2 Å². The van der Waals surface area contributed by atoms with Gasteiger partial charge in [-0.1, -0.05) is 54.6 Å². The van der Waals surface area contributed by atoms with Crippen LogP contribution >= 0.6 is 11.3 Å². The summed E-state index contributed by atoms with van der Waals surface area (Å²) in [5.74, 6) is 0.0551. The van der Waals surface area contributed by atoms with Crippen LogP contribution in [0.1, 0.15) is 17.2 Å². The van der Waals surface area contributed by atoms with E-state index >= 15 is 0 Å². The van der Waals surface area contributed by atoms with Crippen LogP contribution in [0.3, 0.4) is 0 Å². The fourth-order valence-corrected chi connectivity index (χ4v) is 3.67. The Morgan fingerprint density at radius 2 is 1.69 bits per heavy atom. The molecule has 3 nitrogen and oxygen atoms in total. The first-order chi connectivity index (χ1) is 12.6. The van der Waals surface area contributed by atoms with Crippen LogP contribution in [0.5, 0.6) is 0 Å². The van der Waals surface area contributed by atoms with E-state index in [-0.39, 0.29) is 11.9 Å². The third-order valence-corrected chi connectivity index (χ3v) is 5.17. The molecule has 1 amide bonds. The Labute approximate surface area is 159 Å². The molecule has 4 heteroatoms. The van der Waals surface area contributed by atoms with Crippen molar-refractivity contribution >= 4 is 17.2 Å². The molecule has 1 atom stereocenters. The number of nitrogens with zero attached hydrogens (tertiary/aromatic N) is 1. The molecular formula is C22H24N2OS. The van der Waals surface area contributed by atoms with Gasteiger partial charge in [0.05, 0.1) is 12.5 Å². The zero-order valence-electron chi connectivity index (χ0n) is 15.2. The first-order valence-corrected chi connectivity index (χ1v) is 9.67. The minimum Gasteiger partial charge on any atom is -0.354 e. The van der Waals surface area contributed by atoms with E-state index in [2.05, 4.69) is 51.3 Å². The monoisotopic (exact) mass is 364 g/mol. The first-order valence-electron chi connectivity index (χ1n) is 8.73. The highest BCUT2D eigenvalue weighted by atomic mass is 32.1. The third-order valence-electron chi connectivity index (χ3n) is 4.47. The molecular weight excluding hydrogens is 340 g/mol. The minimum atomic E-state index is 0.0551. The van der Waals surface area contributed by atoms with Crippen LogP contribution in [0, 0.1) is 0 Å². The lowest BCUT2D eigenvalue weighted by Crippen LogP contribution is -2.35. The zero-order chi connectivity index (χ0) is 18.4. The molecule has 0 fully saturated rings. The van der Waals surface area contributed by atoms with E-state index < -0.39 is 0 Å². The zero-order valence-corrected chi connectivity index (χ0v) is 16.0. The highest BCUT2D eigenvalue weighted by Crippen LogP contribution is 2.21. The average Bonchev–Trinajstić information content (AvgIpc) is 3.17. The average molecular weight is 365 g/mol. The molecule has 0 aliphatic heterocycles. The maximum absolute atomic E-state index is 12.3. The second kappa shape index (κ2) is 8.79. The van der Waals surface area contributed by atoms with E-state index in [0.717, 1.165) is 5.56 Å². The highest BCUT2D eigenvalue weighted by molar-refractivity contribution is 7.07. The van der Waals surface area contributed by atoms with E-state index in [1.165, 1.54) is 16.7 Å². The molecule has 26 heavy (non-hydrogen) atoms. The molecule has 0 aliphatic rings. The number of nitrogens with one attached hydrogen (secondary N) is 1. The van der Waals surface area contributed by atoms with E-state index in [1.54, 1.807) is 11.3 Å². The molecule has 0 aliphatic carbocycles. The van der Waals surface area contributed by atoms with Crippen molar-refractivity contribution in [3.05, 3.63) is 82.6 Å². The van der Waals surface area contributed by atoms with Gasteiger partial charge in [0.25, 0.3) is 0 Å². The molecule has 0 radical (unpaired) electrons. The first kappa shape index (κ1) is 18.4. The van der Waals surface area contributed by atoms with E-state index in [4.69, 9.17) is 0 Å². The molecule has 3 aromatic rings. The lowest BCUT2D eigenvalue weighted by Gasteiger charge is -2.24.